The van der Waals surface area contributed by atoms with Crippen molar-refractivity contribution >= 4 is 11.6 Å². The average Bonchev–Trinajstić information content (AvgIpc) is 2.46. The van der Waals surface area contributed by atoms with Crippen molar-refractivity contribution in [1.82, 2.24) is 9.78 Å². The third-order valence-electron chi connectivity index (χ3n) is 3.17. The predicted octanol–water partition coefficient (Wildman–Crippen LogP) is 3.08. The number of halogens is 1. The summed E-state index contributed by atoms with van der Waals surface area (Å²) < 4.78 is 1.96. The molecule has 0 saturated heterocycles. The Labute approximate surface area is 90.3 Å². The number of hydrogen-bond acceptors (Lipinski definition) is 1. The number of aromatic nitrogens is 2. The maximum Gasteiger partial charge on any atom is 0.0492 e. The van der Waals surface area contributed by atoms with Gasteiger partial charge in [0.15, 0.2) is 0 Å². The second kappa shape index (κ2) is 4.35. The molecule has 1 aromatic heterocycles. The van der Waals surface area contributed by atoms with Crippen LogP contribution in [0, 0.1) is 0 Å². The molecule has 0 amide bonds. The van der Waals surface area contributed by atoms with Crippen LogP contribution in [0.3, 0.4) is 0 Å². The minimum absolute atomic E-state index is 0.299. The molecule has 1 aliphatic rings. The van der Waals surface area contributed by atoms with E-state index in [0.717, 1.165) is 6.42 Å². The van der Waals surface area contributed by atoms with Crippen LogP contribution in [0.1, 0.15) is 43.7 Å². The van der Waals surface area contributed by atoms with Crippen LogP contribution in [-0.4, -0.2) is 15.2 Å². The summed E-state index contributed by atoms with van der Waals surface area (Å²) >= 11 is 6.41. The summed E-state index contributed by atoms with van der Waals surface area (Å²) in [7, 11) is 2.00. The molecule has 2 atom stereocenters. The zero-order valence-corrected chi connectivity index (χ0v) is 9.37. The lowest BCUT2D eigenvalue weighted by Crippen LogP contribution is -2.14. The molecular weight excluding hydrogens is 196 g/mol. The Morgan fingerprint density at radius 3 is 2.86 bits per heavy atom. The highest BCUT2D eigenvalue weighted by Gasteiger charge is 2.25. The highest BCUT2D eigenvalue weighted by Crippen LogP contribution is 2.34. The quantitative estimate of drug-likeness (QED) is 0.517. The Morgan fingerprint density at radius 2 is 2.14 bits per heavy atom. The molecule has 3 heteroatoms. The van der Waals surface area contributed by atoms with Crippen LogP contribution in [-0.2, 0) is 7.05 Å². The first-order valence-corrected chi connectivity index (χ1v) is 5.84. The Kier molecular flexibility index (Phi) is 3.12. The molecule has 0 spiro atoms. The molecule has 0 radical (unpaired) electrons. The number of aryl methyl sites for hydroxylation is 1. The van der Waals surface area contributed by atoms with Crippen molar-refractivity contribution < 1.29 is 0 Å². The Balaban J connectivity index is 2.19. The number of hydrogen-bond donors (Lipinski definition) is 0. The zero-order chi connectivity index (χ0) is 9.97. The van der Waals surface area contributed by atoms with Crippen LogP contribution in [0.15, 0.2) is 12.3 Å². The van der Waals surface area contributed by atoms with E-state index in [9.17, 15) is 0 Å². The molecule has 1 heterocycles. The van der Waals surface area contributed by atoms with E-state index in [1.165, 1.54) is 31.4 Å². The van der Waals surface area contributed by atoms with Crippen LogP contribution < -0.4 is 0 Å². The first kappa shape index (κ1) is 10.0. The fourth-order valence-corrected chi connectivity index (χ4v) is 2.75. The minimum Gasteiger partial charge on any atom is -0.272 e. The molecule has 1 saturated carbocycles. The van der Waals surface area contributed by atoms with E-state index in [-0.39, 0.29) is 0 Å². The lowest BCUT2D eigenvalue weighted by atomic mass is 9.96. The van der Waals surface area contributed by atoms with Crippen LogP contribution in [0.4, 0.5) is 0 Å². The molecule has 2 rings (SSSR count). The van der Waals surface area contributed by atoms with E-state index >= 15 is 0 Å². The van der Waals surface area contributed by atoms with E-state index in [4.69, 9.17) is 11.6 Å². The van der Waals surface area contributed by atoms with Crippen LogP contribution in [0.25, 0.3) is 0 Å². The number of alkyl halides is 1. The summed E-state index contributed by atoms with van der Waals surface area (Å²) in [4.78, 5) is 0. The minimum atomic E-state index is 0.299. The van der Waals surface area contributed by atoms with Gasteiger partial charge in [-0.15, -0.1) is 11.6 Å². The summed E-state index contributed by atoms with van der Waals surface area (Å²) in [5.74, 6) is 0.506. The van der Waals surface area contributed by atoms with Crippen molar-refractivity contribution in [3.05, 3.63) is 18.0 Å². The van der Waals surface area contributed by atoms with Crippen molar-refractivity contribution in [2.24, 2.45) is 7.05 Å². The normalized spacial score (nSPS) is 28.7. The summed E-state index contributed by atoms with van der Waals surface area (Å²) in [5.41, 5.74) is 1.30. The van der Waals surface area contributed by atoms with Gasteiger partial charge < -0.3 is 0 Å². The number of nitrogens with zero attached hydrogens (tertiary/aromatic N) is 2. The third kappa shape index (κ3) is 1.95. The van der Waals surface area contributed by atoms with E-state index in [2.05, 4.69) is 11.2 Å². The summed E-state index contributed by atoms with van der Waals surface area (Å²) in [5, 5.41) is 4.51. The zero-order valence-electron chi connectivity index (χ0n) is 8.62. The monoisotopic (exact) mass is 212 g/mol. The molecule has 1 aromatic rings. The summed E-state index contributed by atoms with van der Waals surface area (Å²) in [6.07, 6.45) is 8.15. The molecule has 0 aromatic carbocycles. The van der Waals surface area contributed by atoms with Gasteiger partial charge in [-0.1, -0.05) is 19.3 Å². The van der Waals surface area contributed by atoms with Crippen molar-refractivity contribution in [1.29, 1.82) is 0 Å². The van der Waals surface area contributed by atoms with Gasteiger partial charge >= 0.3 is 0 Å². The standard InChI is InChI=1S/C11H17ClN2/c1-14-11(7-8-13-14)9-5-3-2-4-6-10(9)12/h7-10H,2-6H2,1H3. The molecule has 0 bridgehead atoms. The van der Waals surface area contributed by atoms with Crippen LogP contribution in [0.5, 0.6) is 0 Å². The topological polar surface area (TPSA) is 17.8 Å². The lowest BCUT2D eigenvalue weighted by molar-refractivity contribution is 0.547. The van der Waals surface area contributed by atoms with Crippen molar-refractivity contribution in [2.45, 2.75) is 43.4 Å². The second-order valence-electron chi connectivity index (χ2n) is 4.14. The average molecular weight is 213 g/mol. The van der Waals surface area contributed by atoms with Crippen LogP contribution in [0.2, 0.25) is 0 Å². The molecule has 1 aliphatic carbocycles. The van der Waals surface area contributed by atoms with E-state index in [1.807, 2.05) is 17.9 Å². The van der Waals surface area contributed by atoms with Crippen molar-refractivity contribution in [2.75, 3.05) is 0 Å². The molecule has 0 N–H and O–H groups in total. The fraction of sp³-hybridized carbons (Fsp3) is 0.727. The fourth-order valence-electron chi connectivity index (χ4n) is 2.34. The molecular formula is C11H17ClN2. The first-order chi connectivity index (χ1) is 6.79. The Bertz CT molecular complexity index is 295. The molecule has 78 valence electrons. The molecule has 14 heavy (non-hydrogen) atoms. The molecule has 2 nitrogen and oxygen atoms in total. The molecule has 1 fully saturated rings. The lowest BCUT2D eigenvalue weighted by Gasteiger charge is -2.19. The van der Waals surface area contributed by atoms with Crippen LogP contribution >= 0.6 is 11.6 Å². The van der Waals surface area contributed by atoms with Gasteiger partial charge in [0.05, 0.1) is 0 Å². The SMILES string of the molecule is Cn1nccc1C1CCCCCC1Cl. The maximum atomic E-state index is 6.41. The van der Waals surface area contributed by atoms with Crippen molar-refractivity contribution in [3.63, 3.8) is 0 Å². The van der Waals surface area contributed by atoms with Gasteiger partial charge in [-0.05, 0) is 18.9 Å². The Morgan fingerprint density at radius 1 is 1.36 bits per heavy atom. The molecule has 2 unspecified atom stereocenters. The van der Waals surface area contributed by atoms with Crippen molar-refractivity contribution in [3.8, 4) is 0 Å². The van der Waals surface area contributed by atoms with Gasteiger partial charge in [0.1, 0.15) is 0 Å². The predicted molar refractivity (Wildman–Crippen MR) is 58.7 cm³/mol. The van der Waals surface area contributed by atoms with E-state index in [0.29, 0.717) is 11.3 Å². The van der Waals surface area contributed by atoms with Gasteiger partial charge in [-0.3, -0.25) is 4.68 Å². The second-order valence-corrected chi connectivity index (χ2v) is 4.70. The summed E-state index contributed by atoms with van der Waals surface area (Å²) in [6, 6.07) is 2.10. The largest absolute Gasteiger partial charge is 0.272 e. The van der Waals surface area contributed by atoms with E-state index in [1.54, 1.807) is 0 Å². The molecule has 0 aliphatic heterocycles. The number of rotatable bonds is 1. The van der Waals surface area contributed by atoms with Gasteiger partial charge in [-0.2, -0.15) is 5.10 Å². The maximum absolute atomic E-state index is 6.41. The smallest absolute Gasteiger partial charge is 0.0492 e. The van der Waals surface area contributed by atoms with Gasteiger partial charge in [0, 0.05) is 30.2 Å². The van der Waals surface area contributed by atoms with Gasteiger partial charge in [-0.25, -0.2) is 0 Å². The van der Waals surface area contributed by atoms with Gasteiger partial charge in [0.2, 0.25) is 0 Å². The van der Waals surface area contributed by atoms with E-state index < -0.39 is 0 Å². The highest BCUT2D eigenvalue weighted by molar-refractivity contribution is 6.21. The highest BCUT2D eigenvalue weighted by atomic mass is 35.5. The summed E-state index contributed by atoms with van der Waals surface area (Å²) in [6.45, 7) is 0. The Hall–Kier alpha value is -0.500. The van der Waals surface area contributed by atoms with Gasteiger partial charge in [0.25, 0.3) is 0 Å². The third-order valence-corrected chi connectivity index (χ3v) is 3.69. The first-order valence-electron chi connectivity index (χ1n) is 5.41.